The normalized spacial score (nSPS) is 17.1. The number of nitrogens with zero attached hydrogens (tertiary/aromatic N) is 2. The van der Waals surface area contributed by atoms with Crippen LogP contribution in [0.15, 0.2) is 23.1 Å². The van der Waals surface area contributed by atoms with Crippen LogP contribution in [0.2, 0.25) is 0 Å². The summed E-state index contributed by atoms with van der Waals surface area (Å²) >= 11 is 0. The Morgan fingerprint density at radius 3 is 2.54 bits per heavy atom. The topological polar surface area (TPSA) is 57.7 Å². The van der Waals surface area contributed by atoms with E-state index in [0.29, 0.717) is 38.0 Å². The van der Waals surface area contributed by atoms with Crippen molar-refractivity contribution in [3.8, 4) is 0 Å². The molecular weight excluding hydrogens is 331 g/mol. The lowest BCUT2D eigenvalue weighted by molar-refractivity contribution is -0.131. The lowest BCUT2D eigenvalue weighted by Crippen LogP contribution is -2.37. The molecule has 24 heavy (non-hydrogen) atoms. The zero-order valence-corrected chi connectivity index (χ0v) is 15.3. The average Bonchev–Trinajstić information content (AvgIpc) is 2.75. The Bertz CT molecular complexity index is 704. The standard InChI is InChI=1S/C17H25FN2O3S/c1-13(2)11-17(21)19-7-4-8-20(10-9-19)24(22,23)15-5-6-16(18)14(3)12-15/h5-6,12-13H,4,7-11H2,1-3H3. The third-order valence-electron chi connectivity index (χ3n) is 4.16. The van der Waals surface area contributed by atoms with Crippen molar-refractivity contribution in [1.29, 1.82) is 0 Å². The Morgan fingerprint density at radius 2 is 1.92 bits per heavy atom. The van der Waals surface area contributed by atoms with Gasteiger partial charge >= 0.3 is 0 Å². The first-order valence-corrected chi connectivity index (χ1v) is 9.70. The zero-order chi connectivity index (χ0) is 17.9. The smallest absolute Gasteiger partial charge is 0.243 e. The van der Waals surface area contributed by atoms with Gasteiger partial charge in [0.15, 0.2) is 0 Å². The van der Waals surface area contributed by atoms with Crippen LogP contribution in [0.3, 0.4) is 0 Å². The summed E-state index contributed by atoms with van der Waals surface area (Å²) in [6, 6.07) is 3.83. The number of aryl methyl sites for hydroxylation is 1. The van der Waals surface area contributed by atoms with Crippen molar-refractivity contribution in [2.45, 2.75) is 38.5 Å². The Morgan fingerprint density at radius 1 is 1.21 bits per heavy atom. The molecule has 2 rings (SSSR count). The predicted octanol–water partition coefficient (Wildman–Crippen LogP) is 2.40. The van der Waals surface area contributed by atoms with Crippen LogP contribution in [0.5, 0.6) is 0 Å². The highest BCUT2D eigenvalue weighted by Crippen LogP contribution is 2.20. The molecule has 1 aliphatic heterocycles. The van der Waals surface area contributed by atoms with E-state index in [4.69, 9.17) is 0 Å². The van der Waals surface area contributed by atoms with Crippen molar-refractivity contribution in [2.75, 3.05) is 26.2 Å². The predicted molar refractivity (Wildman–Crippen MR) is 90.5 cm³/mol. The van der Waals surface area contributed by atoms with E-state index >= 15 is 0 Å². The molecule has 1 amide bonds. The van der Waals surface area contributed by atoms with Crippen molar-refractivity contribution in [3.05, 3.63) is 29.6 Å². The third kappa shape index (κ3) is 4.33. The number of benzene rings is 1. The number of amides is 1. The Hall–Kier alpha value is -1.47. The zero-order valence-electron chi connectivity index (χ0n) is 14.5. The van der Waals surface area contributed by atoms with Crippen LogP contribution in [0, 0.1) is 18.7 Å². The monoisotopic (exact) mass is 356 g/mol. The molecule has 1 saturated heterocycles. The number of rotatable bonds is 4. The molecule has 0 spiro atoms. The molecule has 1 heterocycles. The Labute approximate surface area is 143 Å². The van der Waals surface area contributed by atoms with Gasteiger partial charge < -0.3 is 4.90 Å². The van der Waals surface area contributed by atoms with Gasteiger partial charge in [0.1, 0.15) is 5.82 Å². The van der Waals surface area contributed by atoms with Crippen molar-refractivity contribution in [1.82, 2.24) is 9.21 Å². The van der Waals surface area contributed by atoms with E-state index in [9.17, 15) is 17.6 Å². The van der Waals surface area contributed by atoms with Crippen molar-refractivity contribution < 1.29 is 17.6 Å². The largest absolute Gasteiger partial charge is 0.341 e. The highest BCUT2D eigenvalue weighted by molar-refractivity contribution is 7.89. The minimum Gasteiger partial charge on any atom is -0.341 e. The Kier molecular flexibility index (Phi) is 5.98. The molecule has 0 unspecified atom stereocenters. The van der Waals surface area contributed by atoms with Crippen LogP contribution in [-0.4, -0.2) is 49.7 Å². The lowest BCUT2D eigenvalue weighted by Gasteiger charge is -2.22. The van der Waals surface area contributed by atoms with Gasteiger partial charge in [0.25, 0.3) is 0 Å². The van der Waals surface area contributed by atoms with Gasteiger partial charge in [-0.25, -0.2) is 12.8 Å². The maximum absolute atomic E-state index is 13.4. The number of hydrogen-bond acceptors (Lipinski definition) is 3. The SMILES string of the molecule is Cc1cc(S(=O)(=O)N2CCCN(C(=O)CC(C)C)CC2)ccc1F. The highest BCUT2D eigenvalue weighted by atomic mass is 32.2. The molecule has 1 aromatic carbocycles. The molecule has 0 radical (unpaired) electrons. The van der Waals surface area contributed by atoms with E-state index in [1.165, 1.54) is 22.5 Å². The quantitative estimate of drug-likeness (QED) is 0.832. The second kappa shape index (κ2) is 7.61. The number of hydrogen-bond donors (Lipinski definition) is 0. The van der Waals surface area contributed by atoms with Gasteiger partial charge in [-0.15, -0.1) is 0 Å². The van der Waals surface area contributed by atoms with Gasteiger partial charge in [-0.2, -0.15) is 4.31 Å². The second-order valence-corrected chi connectivity index (χ2v) is 8.59. The van der Waals surface area contributed by atoms with Gasteiger partial charge in [0, 0.05) is 32.6 Å². The summed E-state index contributed by atoms with van der Waals surface area (Å²) in [6.07, 6.45) is 1.08. The molecule has 1 aliphatic rings. The molecule has 0 atom stereocenters. The number of sulfonamides is 1. The van der Waals surface area contributed by atoms with E-state index < -0.39 is 15.8 Å². The summed E-state index contributed by atoms with van der Waals surface area (Å²) in [5, 5.41) is 0. The van der Waals surface area contributed by atoms with Gasteiger partial charge in [-0.1, -0.05) is 13.8 Å². The van der Waals surface area contributed by atoms with Gasteiger partial charge in [-0.3, -0.25) is 4.79 Å². The summed E-state index contributed by atoms with van der Waals surface area (Å²) in [6.45, 7) is 7.12. The average molecular weight is 356 g/mol. The molecule has 5 nitrogen and oxygen atoms in total. The minimum atomic E-state index is -3.67. The molecule has 0 aliphatic carbocycles. The van der Waals surface area contributed by atoms with Crippen LogP contribution in [0.4, 0.5) is 4.39 Å². The molecule has 1 fully saturated rings. The first kappa shape index (κ1) is 18.9. The van der Waals surface area contributed by atoms with Gasteiger partial charge in [0.2, 0.25) is 15.9 Å². The first-order valence-electron chi connectivity index (χ1n) is 8.26. The summed E-state index contributed by atoms with van der Waals surface area (Å²) < 4.78 is 40.3. The van der Waals surface area contributed by atoms with Crippen LogP contribution in [0.25, 0.3) is 0 Å². The minimum absolute atomic E-state index is 0.0712. The molecule has 134 valence electrons. The maximum atomic E-state index is 13.4. The molecule has 0 saturated carbocycles. The summed E-state index contributed by atoms with van der Waals surface area (Å²) in [7, 11) is -3.67. The fourth-order valence-electron chi connectivity index (χ4n) is 2.79. The van der Waals surface area contributed by atoms with E-state index in [2.05, 4.69) is 0 Å². The van der Waals surface area contributed by atoms with Crippen molar-refractivity contribution in [2.24, 2.45) is 5.92 Å². The van der Waals surface area contributed by atoms with Gasteiger partial charge in [0.05, 0.1) is 4.90 Å². The second-order valence-electron chi connectivity index (χ2n) is 6.65. The third-order valence-corrected chi connectivity index (χ3v) is 6.05. The number of halogens is 1. The van der Waals surface area contributed by atoms with Crippen LogP contribution in [-0.2, 0) is 14.8 Å². The van der Waals surface area contributed by atoms with E-state index in [-0.39, 0.29) is 23.3 Å². The summed E-state index contributed by atoms with van der Waals surface area (Å²) in [4.78, 5) is 14.0. The summed E-state index contributed by atoms with van der Waals surface area (Å²) in [5.74, 6) is -0.0695. The fraction of sp³-hybridized carbons (Fsp3) is 0.588. The lowest BCUT2D eigenvalue weighted by atomic mass is 10.1. The van der Waals surface area contributed by atoms with E-state index in [0.717, 1.165) is 0 Å². The van der Waals surface area contributed by atoms with E-state index in [1.54, 1.807) is 11.8 Å². The molecule has 0 N–H and O–H groups in total. The van der Waals surface area contributed by atoms with Crippen molar-refractivity contribution in [3.63, 3.8) is 0 Å². The first-order chi connectivity index (χ1) is 11.2. The molecule has 0 bridgehead atoms. The van der Waals surface area contributed by atoms with Crippen LogP contribution >= 0.6 is 0 Å². The summed E-state index contributed by atoms with van der Waals surface area (Å²) in [5.41, 5.74) is 0.305. The molecular formula is C17H25FN2O3S. The molecule has 0 aromatic heterocycles. The molecule has 7 heteroatoms. The fourth-order valence-corrected chi connectivity index (χ4v) is 4.34. The van der Waals surface area contributed by atoms with Crippen LogP contribution in [0.1, 0.15) is 32.3 Å². The highest BCUT2D eigenvalue weighted by Gasteiger charge is 2.28. The van der Waals surface area contributed by atoms with Crippen LogP contribution < -0.4 is 0 Å². The maximum Gasteiger partial charge on any atom is 0.243 e. The number of carbonyl (C=O) groups is 1. The van der Waals surface area contributed by atoms with E-state index in [1.807, 2.05) is 13.8 Å². The Balaban J connectivity index is 2.12. The molecule has 1 aromatic rings. The van der Waals surface area contributed by atoms with Crippen molar-refractivity contribution >= 4 is 15.9 Å². The number of carbonyl (C=O) groups excluding carboxylic acids is 1. The van der Waals surface area contributed by atoms with Gasteiger partial charge in [-0.05, 0) is 43.0 Å².